The third-order valence-electron chi connectivity index (χ3n) is 2.50. The molecule has 5 nitrogen and oxygen atoms in total. The fourth-order valence-electron chi connectivity index (χ4n) is 1.65. The summed E-state index contributed by atoms with van der Waals surface area (Å²) in [6.45, 7) is 2.59. The second-order valence-electron chi connectivity index (χ2n) is 3.44. The maximum Gasteiger partial charge on any atom is 0.214 e. The van der Waals surface area contributed by atoms with E-state index >= 15 is 0 Å². The van der Waals surface area contributed by atoms with Crippen LogP contribution in [-0.2, 0) is 6.54 Å². The molecule has 0 atom stereocenters. The first-order valence-corrected chi connectivity index (χ1v) is 5.32. The van der Waals surface area contributed by atoms with Gasteiger partial charge in [0.15, 0.2) is 0 Å². The van der Waals surface area contributed by atoms with Gasteiger partial charge in [0.1, 0.15) is 11.4 Å². The van der Waals surface area contributed by atoms with E-state index in [1.807, 2.05) is 6.92 Å². The van der Waals surface area contributed by atoms with Crippen molar-refractivity contribution in [3.05, 3.63) is 42.0 Å². The summed E-state index contributed by atoms with van der Waals surface area (Å²) in [6.07, 6.45) is 4.71. The molecule has 0 aliphatic rings. The fourth-order valence-corrected chi connectivity index (χ4v) is 1.65. The predicted molar refractivity (Wildman–Crippen MR) is 62.1 cm³/mol. The molecule has 2 rings (SSSR count). The van der Waals surface area contributed by atoms with Crippen molar-refractivity contribution < 1.29 is 9.53 Å². The van der Waals surface area contributed by atoms with Crippen molar-refractivity contribution in [1.29, 1.82) is 0 Å². The molecular weight excluding hydrogens is 218 g/mol. The van der Waals surface area contributed by atoms with Gasteiger partial charge in [-0.3, -0.25) is 14.5 Å². The lowest BCUT2D eigenvalue weighted by Crippen LogP contribution is -2.11. The van der Waals surface area contributed by atoms with Crippen LogP contribution in [0.1, 0.15) is 23.0 Å². The van der Waals surface area contributed by atoms with Gasteiger partial charge in [-0.2, -0.15) is 5.10 Å². The van der Waals surface area contributed by atoms with Gasteiger partial charge in [-0.15, -0.1) is 0 Å². The number of hydrogen-bond donors (Lipinski definition) is 0. The van der Waals surface area contributed by atoms with Crippen LogP contribution in [0.4, 0.5) is 0 Å². The van der Waals surface area contributed by atoms with Crippen molar-refractivity contribution in [2.24, 2.45) is 0 Å². The Morgan fingerprint density at radius 2 is 2.24 bits per heavy atom. The van der Waals surface area contributed by atoms with E-state index in [1.54, 1.807) is 29.2 Å². The van der Waals surface area contributed by atoms with Gasteiger partial charge in [-0.05, 0) is 19.1 Å². The normalized spacial score (nSPS) is 10.2. The van der Waals surface area contributed by atoms with Crippen molar-refractivity contribution in [3.63, 3.8) is 0 Å². The zero-order valence-corrected chi connectivity index (χ0v) is 9.75. The second kappa shape index (κ2) is 4.78. The van der Waals surface area contributed by atoms with Crippen molar-refractivity contribution >= 4 is 5.78 Å². The van der Waals surface area contributed by atoms with E-state index in [-0.39, 0.29) is 5.78 Å². The number of methoxy groups -OCH3 is 1. The summed E-state index contributed by atoms with van der Waals surface area (Å²) in [7, 11) is 1.52. The van der Waals surface area contributed by atoms with Gasteiger partial charge in [0.05, 0.1) is 18.9 Å². The van der Waals surface area contributed by atoms with E-state index in [9.17, 15) is 4.79 Å². The Labute approximate surface area is 99.1 Å². The molecule has 0 radical (unpaired) electrons. The molecule has 2 aromatic rings. The first-order valence-electron chi connectivity index (χ1n) is 5.32. The smallest absolute Gasteiger partial charge is 0.214 e. The summed E-state index contributed by atoms with van der Waals surface area (Å²) in [4.78, 5) is 16.2. The number of carbonyl (C=O) groups excluding carboxylic acids is 1. The molecule has 0 fully saturated rings. The Balaban J connectivity index is 2.44. The molecule has 0 unspecified atom stereocenters. The highest BCUT2D eigenvalue weighted by Crippen LogP contribution is 2.19. The first kappa shape index (κ1) is 11.3. The van der Waals surface area contributed by atoms with E-state index in [0.717, 1.165) is 0 Å². The van der Waals surface area contributed by atoms with Gasteiger partial charge in [-0.25, -0.2) is 0 Å². The molecule has 88 valence electrons. The number of nitrogens with zero attached hydrogens (tertiary/aromatic N) is 3. The third-order valence-corrected chi connectivity index (χ3v) is 2.50. The molecule has 0 amide bonds. The van der Waals surface area contributed by atoms with Gasteiger partial charge in [0.2, 0.25) is 5.78 Å². The number of rotatable bonds is 4. The van der Waals surface area contributed by atoms with Crippen molar-refractivity contribution in [2.45, 2.75) is 13.5 Å². The summed E-state index contributed by atoms with van der Waals surface area (Å²) < 4.78 is 6.78. The largest absolute Gasteiger partial charge is 0.494 e. The number of aryl methyl sites for hydroxylation is 1. The Morgan fingerprint density at radius 3 is 2.94 bits per heavy atom. The fraction of sp³-hybridized carbons (Fsp3) is 0.250. The van der Waals surface area contributed by atoms with E-state index in [0.29, 0.717) is 23.6 Å². The standard InChI is InChI=1S/C12H13N3O2/c1-3-15-10(5-7-14-15)12(16)9-4-6-13-8-11(9)17-2/h4-8H,3H2,1-2H3. The Kier molecular flexibility index (Phi) is 3.18. The van der Waals surface area contributed by atoms with Crippen LogP contribution >= 0.6 is 0 Å². The molecule has 0 saturated heterocycles. The SMILES string of the molecule is CCn1nccc1C(=O)c1ccncc1OC. The molecule has 0 saturated carbocycles. The molecule has 2 heterocycles. The summed E-state index contributed by atoms with van der Waals surface area (Å²) in [5.74, 6) is 0.366. The van der Waals surface area contributed by atoms with Gasteiger partial charge in [0.25, 0.3) is 0 Å². The van der Waals surface area contributed by atoms with E-state index in [1.165, 1.54) is 13.3 Å². The molecule has 0 aliphatic carbocycles. The van der Waals surface area contributed by atoms with Gasteiger partial charge in [-0.1, -0.05) is 0 Å². The van der Waals surface area contributed by atoms with E-state index in [2.05, 4.69) is 10.1 Å². The molecule has 0 aliphatic heterocycles. The number of hydrogen-bond acceptors (Lipinski definition) is 4. The minimum atomic E-state index is -0.108. The highest BCUT2D eigenvalue weighted by atomic mass is 16.5. The highest BCUT2D eigenvalue weighted by molar-refractivity contribution is 6.09. The number of carbonyl (C=O) groups is 1. The predicted octanol–water partition coefficient (Wildman–Crippen LogP) is 1.54. The maximum absolute atomic E-state index is 12.3. The lowest BCUT2D eigenvalue weighted by Gasteiger charge is -2.07. The average molecular weight is 231 g/mol. The Morgan fingerprint density at radius 1 is 1.41 bits per heavy atom. The summed E-state index contributed by atoms with van der Waals surface area (Å²) in [5, 5.41) is 4.08. The zero-order valence-electron chi connectivity index (χ0n) is 9.75. The molecule has 0 bridgehead atoms. The van der Waals surface area contributed by atoms with Crippen LogP contribution in [0.3, 0.4) is 0 Å². The van der Waals surface area contributed by atoms with Gasteiger partial charge >= 0.3 is 0 Å². The van der Waals surface area contributed by atoms with Crippen LogP contribution in [0.25, 0.3) is 0 Å². The zero-order chi connectivity index (χ0) is 12.3. The van der Waals surface area contributed by atoms with Crippen LogP contribution in [0, 0.1) is 0 Å². The van der Waals surface area contributed by atoms with Crippen LogP contribution in [0.5, 0.6) is 5.75 Å². The minimum absolute atomic E-state index is 0.108. The van der Waals surface area contributed by atoms with Gasteiger partial charge < -0.3 is 4.74 Å². The summed E-state index contributed by atoms with van der Waals surface area (Å²) in [5.41, 5.74) is 1.05. The highest BCUT2D eigenvalue weighted by Gasteiger charge is 2.17. The summed E-state index contributed by atoms with van der Waals surface area (Å²) >= 11 is 0. The first-order chi connectivity index (χ1) is 8.27. The lowest BCUT2D eigenvalue weighted by molar-refractivity contribution is 0.102. The van der Waals surface area contributed by atoms with Crippen molar-refractivity contribution in [1.82, 2.24) is 14.8 Å². The van der Waals surface area contributed by atoms with Crippen LogP contribution in [0.15, 0.2) is 30.7 Å². The average Bonchev–Trinajstić information content (AvgIpc) is 2.86. The van der Waals surface area contributed by atoms with Crippen LogP contribution in [-0.4, -0.2) is 27.7 Å². The molecular formula is C12H13N3O2. The Hall–Kier alpha value is -2.17. The monoisotopic (exact) mass is 231 g/mol. The van der Waals surface area contributed by atoms with Crippen molar-refractivity contribution in [2.75, 3.05) is 7.11 Å². The second-order valence-corrected chi connectivity index (χ2v) is 3.44. The molecule has 17 heavy (non-hydrogen) atoms. The lowest BCUT2D eigenvalue weighted by atomic mass is 10.1. The molecule has 0 N–H and O–H groups in total. The van der Waals surface area contributed by atoms with E-state index in [4.69, 9.17) is 4.74 Å². The molecule has 0 aromatic carbocycles. The quantitative estimate of drug-likeness (QED) is 0.749. The Bertz CT molecular complexity index is 534. The van der Waals surface area contributed by atoms with Crippen molar-refractivity contribution in [3.8, 4) is 5.75 Å². The minimum Gasteiger partial charge on any atom is -0.494 e. The van der Waals surface area contributed by atoms with E-state index < -0.39 is 0 Å². The van der Waals surface area contributed by atoms with Crippen LogP contribution < -0.4 is 4.74 Å². The van der Waals surface area contributed by atoms with Gasteiger partial charge in [0, 0.05) is 18.9 Å². The molecule has 2 aromatic heterocycles. The topological polar surface area (TPSA) is 57.0 Å². The maximum atomic E-state index is 12.3. The third kappa shape index (κ3) is 2.04. The molecule has 0 spiro atoms. The summed E-state index contributed by atoms with van der Waals surface area (Å²) in [6, 6.07) is 3.35. The van der Waals surface area contributed by atoms with Crippen LogP contribution in [0.2, 0.25) is 0 Å². The number of ether oxygens (including phenoxy) is 1. The number of aromatic nitrogens is 3. The molecule has 5 heteroatoms. The number of pyridine rings is 1. The number of ketones is 1.